The Morgan fingerprint density at radius 2 is 2.00 bits per heavy atom. The molecular formula is C12H26N2. The molecule has 0 radical (unpaired) electrons. The summed E-state index contributed by atoms with van der Waals surface area (Å²) in [5, 5.41) is 0. The zero-order chi connectivity index (χ0) is 11.1. The first-order chi connectivity index (χ1) is 6.47. The van der Waals surface area contributed by atoms with Crippen LogP contribution >= 0.6 is 0 Å². The Morgan fingerprint density at radius 1 is 1.43 bits per heavy atom. The zero-order valence-electron chi connectivity index (χ0n) is 10.2. The van der Waals surface area contributed by atoms with Crippen LogP contribution in [0.2, 0.25) is 0 Å². The van der Waals surface area contributed by atoms with Crippen molar-refractivity contribution in [1.29, 1.82) is 0 Å². The Hall–Kier alpha value is -0.340. The second kappa shape index (κ2) is 7.02. The van der Waals surface area contributed by atoms with Crippen LogP contribution in [0.25, 0.3) is 0 Å². The van der Waals surface area contributed by atoms with E-state index in [4.69, 9.17) is 5.73 Å². The largest absolute Gasteiger partial charge is 0.327 e. The fourth-order valence-corrected chi connectivity index (χ4v) is 1.40. The van der Waals surface area contributed by atoms with Crippen molar-refractivity contribution in [1.82, 2.24) is 4.90 Å². The van der Waals surface area contributed by atoms with Gasteiger partial charge in [0.1, 0.15) is 0 Å². The number of likely N-dealkylation sites (N-methyl/N-ethyl adjacent to an activating group) is 1. The van der Waals surface area contributed by atoms with Crippen LogP contribution in [0.5, 0.6) is 0 Å². The molecule has 0 spiro atoms. The Bertz CT molecular complexity index is 164. The van der Waals surface area contributed by atoms with Gasteiger partial charge in [0.15, 0.2) is 0 Å². The molecule has 0 aliphatic heterocycles. The highest BCUT2D eigenvalue weighted by Crippen LogP contribution is 2.05. The Labute approximate surface area is 89.2 Å². The molecular weight excluding hydrogens is 172 g/mol. The molecule has 0 aromatic rings. The van der Waals surface area contributed by atoms with E-state index in [1.165, 1.54) is 5.57 Å². The summed E-state index contributed by atoms with van der Waals surface area (Å²) >= 11 is 0. The molecule has 0 aromatic carbocycles. The fraction of sp³-hybridized carbons (Fsp3) is 0.833. The third kappa shape index (κ3) is 6.17. The second-order valence-electron chi connectivity index (χ2n) is 4.52. The summed E-state index contributed by atoms with van der Waals surface area (Å²) in [6.45, 7) is 15.7. The van der Waals surface area contributed by atoms with E-state index in [9.17, 15) is 0 Å². The molecule has 0 bridgehead atoms. The highest BCUT2D eigenvalue weighted by atomic mass is 15.1. The molecule has 0 aliphatic rings. The molecule has 0 heterocycles. The SMILES string of the molecule is C=C(C)CN(CC)CCC(N)C(C)C. The number of nitrogens with zero attached hydrogens (tertiary/aromatic N) is 1. The van der Waals surface area contributed by atoms with Crippen molar-refractivity contribution in [2.75, 3.05) is 19.6 Å². The molecule has 0 rings (SSSR count). The van der Waals surface area contributed by atoms with E-state index in [2.05, 4.69) is 39.2 Å². The first-order valence-corrected chi connectivity index (χ1v) is 5.59. The molecule has 0 saturated heterocycles. The maximum Gasteiger partial charge on any atom is 0.0187 e. The highest BCUT2D eigenvalue weighted by molar-refractivity contribution is 4.91. The normalized spacial score (nSPS) is 13.6. The molecule has 2 heteroatoms. The van der Waals surface area contributed by atoms with Crippen molar-refractivity contribution in [3.05, 3.63) is 12.2 Å². The Morgan fingerprint density at radius 3 is 2.36 bits per heavy atom. The topological polar surface area (TPSA) is 29.3 Å². The van der Waals surface area contributed by atoms with Crippen LogP contribution < -0.4 is 5.73 Å². The van der Waals surface area contributed by atoms with Crippen LogP contribution in [0.15, 0.2) is 12.2 Å². The van der Waals surface area contributed by atoms with Crippen molar-refractivity contribution < 1.29 is 0 Å². The van der Waals surface area contributed by atoms with E-state index < -0.39 is 0 Å². The second-order valence-corrected chi connectivity index (χ2v) is 4.52. The Balaban J connectivity index is 3.77. The average Bonchev–Trinajstić information content (AvgIpc) is 2.10. The molecule has 2 N–H and O–H groups in total. The fourth-order valence-electron chi connectivity index (χ4n) is 1.40. The van der Waals surface area contributed by atoms with Gasteiger partial charge < -0.3 is 5.73 Å². The zero-order valence-corrected chi connectivity index (χ0v) is 10.2. The number of nitrogens with two attached hydrogens (primary N) is 1. The van der Waals surface area contributed by atoms with Crippen LogP contribution in [0.1, 0.15) is 34.1 Å². The van der Waals surface area contributed by atoms with Gasteiger partial charge in [-0.3, -0.25) is 4.90 Å². The summed E-state index contributed by atoms with van der Waals surface area (Å²) in [6.07, 6.45) is 1.08. The third-order valence-corrected chi connectivity index (χ3v) is 2.58. The number of rotatable bonds is 7. The van der Waals surface area contributed by atoms with Gasteiger partial charge in [0.2, 0.25) is 0 Å². The quantitative estimate of drug-likeness (QED) is 0.636. The maximum atomic E-state index is 6.00. The van der Waals surface area contributed by atoms with Crippen LogP contribution in [-0.2, 0) is 0 Å². The monoisotopic (exact) mass is 198 g/mol. The van der Waals surface area contributed by atoms with Gasteiger partial charge in [0, 0.05) is 12.6 Å². The van der Waals surface area contributed by atoms with Crippen LogP contribution in [0.3, 0.4) is 0 Å². The number of hydrogen-bond donors (Lipinski definition) is 1. The number of hydrogen-bond acceptors (Lipinski definition) is 2. The van der Waals surface area contributed by atoms with Crippen molar-refractivity contribution in [3.8, 4) is 0 Å². The van der Waals surface area contributed by atoms with E-state index in [-0.39, 0.29) is 0 Å². The van der Waals surface area contributed by atoms with Gasteiger partial charge in [0.05, 0.1) is 0 Å². The minimum absolute atomic E-state index is 0.328. The van der Waals surface area contributed by atoms with E-state index in [1.54, 1.807) is 0 Å². The van der Waals surface area contributed by atoms with Crippen molar-refractivity contribution in [2.45, 2.75) is 40.2 Å². The van der Waals surface area contributed by atoms with Gasteiger partial charge in [-0.1, -0.05) is 32.9 Å². The molecule has 14 heavy (non-hydrogen) atoms. The van der Waals surface area contributed by atoms with Gasteiger partial charge in [-0.05, 0) is 32.4 Å². The molecule has 0 saturated carbocycles. The van der Waals surface area contributed by atoms with Gasteiger partial charge in [-0.2, -0.15) is 0 Å². The third-order valence-electron chi connectivity index (χ3n) is 2.58. The molecule has 1 unspecified atom stereocenters. The molecule has 0 aliphatic carbocycles. The van der Waals surface area contributed by atoms with E-state index in [1.807, 2.05) is 0 Å². The predicted octanol–water partition coefficient (Wildman–Crippen LogP) is 2.26. The smallest absolute Gasteiger partial charge is 0.0187 e. The van der Waals surface area contributed by atoms with Crippen LogP contribution in [-0.4, -0.2) is 30.6 Å². The molecule has 0 amide bonds. The Kier molecular flexibility index (Phi) is 6.85. The lowest BCUT2D eigenvalue weighted by Crippen LogP contribution is -2.34. The lowest BCUT2D eigenvalue weighted by molar-refractivity contribution is 0.285. The molecule has 0 fully saturated rings. The van der Waals surface area contributed by atoms with Gasteiger partial charge in [0.25, 0.3) is 0 Å². The van der Waals surface area contributed by atoms with Crippen molar-refractivity contribution >= 4 is 0 Å². The van der Waals surface area contributed by atoms with Crippen LogP contribution in [0.4, 0.5) is 0 Å². The average molecular weight is 198 g/mol. The first-order valence-electron chi connectivity index (χ1n) is 5.59. The van der Waals surface area contributed by atoms with Crippen molar-refractivity contribution in [2.24, 2.45) is 11.7 Å². The standard InChI is InChI=1S/C12H26N2/c1-6-14(9-10(2)3)8-7-12(13)11(4)5/h11-12H,2,6-9,13H2,1,3-5H3. The van der Waals surface area contributed by atoms with Gasteiger partial charge in [-0.25, -0.2) is 0 Å². The lowest BCUT2D eigenvalue weighted by atomic mass is 10.0. The molecule has 2 nitrogen and oxygen atoms in total. The summed E-state index contributed by atoms with van der Waals surface area (Å²) in [4.78, 5) is 2.39. The summed E-state index contributed by atoms with van der Waals surface area (Å²) in [6, 6.07) is 0.328. The minimum atomic E-state index is 0.328. The van der Waals surface area contributed by atoms with Crippen molar-refractivity contribution in [3.63, 3.8) is 0 Å². The lowest BCUT2D eigenvalue weighted by Gasteiger charge is -2.23. The minimum Gasteiger partial charge on any atom is -0.327 e. The summed E-state index contributed by atoms with van der Waals surface area (Å²) in [7, 11) is 0. The first kappa shape index (κ1) is 13.7. The van der Waals surface area contributed by atoms with E-state index in [0.717, 1.165) is 26.1 Å². The maximum absolute atomic E-state index is 6.00. The van der Waals surface area contributed by atoms with Gasteiger partial charge >= 0.3 is 0 Å². The molecule has 84 valence electrons. The summed E-state index contributed by atoms with van der Waals surface area (Å²) in [5.74, 6) is 0.582. The van der Waals surface area contributed by atoms with Gasteiger partial charge in [-0.15, -0.1) is 0 Å². The van der Waals surface area contributed by atoms with E-state index in [0.29, 0.717) is 12.0 Å². The summed E-state index contributed by atoms with van der Waals surface area (Å²) in [5.41, 5.74) is 7.23. The molecule has 0 aromatic heterocycles. The highest BCUT2D eigenvalue weighted by Gasteiger charge is 2.09. The predicted molar refractivity (Wildman–Crippen MR) is 64.4 cm³/mol. The van der Waals surface area contributed by atoms with E-state index >= 15 is 0 Å². The van der Waals surface area contributed by atoms with Crippen LogP contribution in [0, 0.1) is 5.92 Å². The molecule has 1 atom stereocenters. The summed E-state index contributed by atoms with van der Waals surface area (Å²) < 4.78 is 0.